The molecule has 176 valence electrons. The lowest BCUT2D eigenvalue weighted by Gasteiger charge is -2.40. The first-order chi connectivity index (χ1) is 15.7. The molecule has 9 heteroatoms. The topological polar surface area (TPSA) is 78.8 Å². The Bertz CT molecular complexity index is 1250. The number of aryl methyl sites for hydroxylation is 2. The van der Waals surface area contributed by atoms with E-state index in [9.17, 15) is 13.2 Å². The molecule has 1 saturated heterocycles. The minimum absolute atomic E-state index is 0.0386. The zero-order chi connectivity index (χ0) is 23.8. The summed E-state index contributed by atoms with van der Waals surface area (Å²) >= 11 is 0. The number of nitrogens with zero attached hydrogens (tertiary/aromatic N) is 5. The van der Waals surface area contributed by atoms with Crippen LogP contribution in [-0.4, -0.2) is 78.8 Å². The van der Waals surface area contributed by atoms with E-state index in [1.165, 1.54) is 18.4 Å². The number of likely N-dealkylation sites (N-methyl/N-ethyl adjacent to an activating group) is 1. The van der Waals surface area contributed by atoms with Crippen LogP contribution in [0.4, 0.5) is 0 Å². The normalized spacial score (nSPS) is 17.7. The van der Waals surface area contributed by atoms with Gasteiger partial charge in [-0.25, -0.2) is 17.7 Å². The molecule has 1 amide bonds. The van der Waals surface area contributed by atoms with Gasteiger partial charge >= 0.3 is 0 Å². The Labute approximate surface area is 195 Å². The lowest BCUT2D eigenvalue weighted by atomic mass is 10.0. The first-order valence-corrected chi connectivity index (χ1v) is 12.5. The standard InChI is InChI=1S/C24H31N5O3S/c1-26(2)33(31,32)19-10-11-21-20(16-19)25-23(28(21)4)12-13-24(30)29-15-14-27(3)17-22(29)18-8-6-5-7-9-18/h5-11,16,22H,12-15,17H2,1-4H3. The third kappa shape index (κ3) is 4.66. The molecule has 0 bridgehead atoms. The van der Waals surface area contributed by atoms with Crippen LogP contribution in [0, 0.1) is 0 Å². The molecule has 33 heavy (non-hydrogen) atoms. The largest absolute Gasteiger partial charge is 0.333 e. The first-order valence-electron chi connectivity index (χ1n) is 11.1. The minimum atomic E-state index is -3.53. The predicted octanol–water partition coefficient (Wildman–Crippen LogP) is 2.27. The maximum absolute atomic E-state index is 13.2. The van der Waals surface area contributed by atoms with Gasteiger partial charge in [0, 0.05) is 53.6 Å². The van der Waals surface area contributed by atoms with Crippen molar-refractivity contribution < 1.29 is 13.2 Å². The lowest BCUT2D eigenvalue weighted by Crippen LogP contribution is -2.49. The highest BCUT2D eigenvalue weighted by Crippen LogP contribution is 2.26. The number of amides is 1. The van der Waals surface area contributed by atoms with Crippen LogP contribution in [-0.2, 0) is 28.3 Å². The third-order valence-electron chi connectivity index (χ3n) is 6.37. The monoisotopic (exact) mass is 469 g/mol. The van der Waals surface area contributed by atoms with Gasteiger partial charge in [-0.1, -0.05) is 30.3 Å². The molecule has 1 aliphatic rings. The molecule has 4 rings (SSSR count). The van der Waals surface area contributed by atoms with Crippen LogP contribution >= 0.6 is 0 Å². The molecule has 2 aromatic carbocycles. The van der Waals surface area contributed by atoms with Gasteiger partial charge < -0.3 is 14.4 Å². The summed E-state index contributed by atoms with van der Waals surface area (Å²) in [6.07, 6.45) is 0.848. The van der Waals surface area contributed by atoms with E-state index < -0.39 is 10.0 Å². The highest BCUT2D eigenvalue weighted by molar-refractivity contribution is 7.89. The fourth-order valence-electron chi connectivity index (χ4n) is 4.37. The van der Waals surface area contributed by atoms with Gasteiger partial charge in [-0.05, 0) is 30.8 Å². The summed E-state index contributed by atoms with van der Waals surface area (Å²) in [6.45, 7) is 2.36. The number of benzene rings is 2. The maximum Gasteiger partial charge on any atom is 0.242 e. The number of imidazole rings is 1. The van der Waals surface area contributed by atoms with E-state index in [-0.39, 0.29) is 16.8 Å². The average Bonchev–Trinajstić information content (AvgIpc) is 3.12. The molecule has 1 fully saturated rings. The van der Waals surface area contributed by atoms with Gasteiger partial charge in [-0.3, -0.25) is 4.79 Å². The number of carbonyl (C=O) groups excluding carboxylic acids is 1. The molecule has 0 N–H and O–H groups in total. The lowest BCUT2D eigenvalue weighted by molar-refractivity contribution is -0.136. The van der Waals surface area contributed by atoms with Crippen molar-refractivity contribution in [2.45, 2.75) is 23.8 Å². The van der Waals surface area contributed by atoms with Crippen molar-refractivity contribution in [2.24, 2.45) is 7.05 Å². The molecular formula is C24H31N5O3S. The second kappa shape index (κ2) is 9.24. The number of piperazine rings is 1. The maximum atomic E-state index is 13.2. The predicted molar refractivity (Wildman–Crippen MR) is 128 cm³/mol. The Kier molecular flexibility index (Phi) is 6.56. The summed E-state index contributed by atoms with van der Waals surface area (Å²) in [5.74, 6) is 0.878. The average molecular weight is 470 g/mol. The van der Waals surface area contributed by atoms with Gasteiger partial charge in [0.1, 0.15) is 5.82 Å². The molecule has 1 atom stereocenters. The van der Waals surface area contributed by atoms with Crippen molar-refractivity contribution >= 4 is 27.0 Å². The van der Waals surface area contributed by atoms with E-state index in [0.717, 1.165) is 30.0 Å². The minimum Gasteiger partial charge on any atom is -0.333 e. The Morgan fingerprint density at radius 1 is 1.09 bits per heavy atom. The molecule has 1 aromatic heterocycles. The molecule has 0 aliphatic carbocycles. The molecule has 2 heterocycles. The summed E-state index contributed by atoms with van der Waals surface area (Å²) in [4.78, 5) is 22.3. The van der Waals surface area contributed by atoms with Crippen molar-refractivity contribution in [1.82, 2.24) is 23.7 Å². The number of fused-ring (bicyclic) bond motifs is 1. The number of carbonyl (C=O) groups is 1. The van der Waals surface area contributed by atoms with Crippen molar-refractivity contribution in [2.75, 3.05) is 40.8 Å². The Hall–Kier alpha value is -2.75. The third-order valence-corrected chi connectivity index (χ3v) is 8.19. The number of hydrogen-bond donors (Lipinski definition) is 0. The van der Waals surface area contributed by atoms with Gasteiger partial charge in [-0.15, -0.1) is 0 Å². The van der Waals surface area contributed by atoms with Gasteiger partial charge in [-0.2, -0.15) is 0 Å². The Morgan fingerprint density at radius 2 is 1.82 bits per heavy atom. The first kappa shape index (κ1) is 23.4. The number of rotatable bonds is 6. The van der Waals surface area contributed by atoms with Crippen LogP contribution in [0.15, 0.2) is 53.4 Å². The second-order valence-electron chi connectivity index (χ2n) is 8.80. The Balaban J connectivity index is 1.52. The molecule has 0 saturated carbocycles. The quantitative estimate of drug-likeness (QED) is 0.553. The Morgan fingerprint density at radius 3 is 2.52 bits per heavy atom. The van der Waals surface area contributed by atoms with E-state index >= 15 is 0 Å². The van der Waals surface area contributed by atoms with Gasteiger partial charge in [0.25, 0.3) is 0 Å². The molecular weight excluding hydrogens is 438 g/mol. The summed E-state index contributed by atoms with van der Waals surface area (Å²) in [5.41, 5.74) is 2.61. The summed E-state index contributed by atoms with van der Waals surface area (Å²) in [5, 5.41) is 0. The summed E-state index contributed by atoms with van der Waals surface area (Å²) in [6, 6.07) is 15.2. The zero-order valence-corrected chi connectivity index (χ0v) is 20.4. The van der Waals surface area contributed by atoms with Crippen LogP contribution in [0.3, 0.4) is 0 Å². The van der Waals surface area contributed by atoms with E-state index in [4.69, 9.17) is 0 Å². The van der Waals surface area contributed by atoms with Crippen molar-refractivity contribution in [1.29, 1.82) is 0 Å². The van der Waals surface area contributed by atoms with Crippen molar-refractivity contribution in [3.05, 3.63) is 59.9 Å². The number of sulfonamides is 1. The van der Waals surface area contributed by atoms with E-state index in [0.29, 0.717) is 24.9 Å². The number of aromatic nitrogens is 2. The SMILES string of the molecule is CN1CCN(C(=O)CCc2nc3cc(S(=O)(=O)N(C)C)ccc3n2C)C(c2ccccc2)C1. The molecule has 0 radical (unpaired) electrons. The molecule has 3 aromatic rings. The molecule has 8 nitrogen and oxygen atoms in total. The zero-order valence-electron chi connectivity index (χ0n) is 19.6. The molecule has 1 unspecified atom stereocenters. The summed E-state index contributed by atoms with van der Waals surface area (Å²) < 4.78 is 28.1. The van der Waals surface area contributed by atoms with Crippen LogP contribution in [0.5, 0.6) is 0 Å². The van der Waals surface area contributed by atoms with E-state index in [1.54, 1.807) is 18.2 Å². The second-order valence-corrected chi connectivity index (χ2v) is 11.0. The fourth-order valence-corrected chi connectivity index (χ4v) is 5.29. The van der Waals surface area contributed by atoms with Crippen LogP contribution in [0.1, 0.15) is 23.9 Å². The van der Waals surface area contributed by atoms with Gasteiger partial charge in [0.05, 0.1) is 22.0 Å². The van der Waals surface area contributed by atoms with Crippen LogP contribution < -0.4 is 0 Å². The van der Waals surface area contributed by atoms with Crippen molar-refractivity contribution in [3.8, 4) is 0 Å². The number of hydrogen-bond acceptors (Lipinski definition) is 5. The van der Waals surface area contributed by atoms with Gasteiger partial charge in [0.15, 0.2) is 0 Å². The highest BCUT2D eigenvalue weighted by Gasteiger charge is 2.30. The molecule has 0 spiro atoms. The summed E-state index contributed by atoms with van der Waals surface area (Å²) in [7, 11) is 3.48. The smallest absolute Gasteiger partial charge is 0.242 e. The highest BCUT2D eigenvalue weighted by atomic mass is 32.2. The van der Waals surface area contributed by atoms with Crippen molar-refractivity contribution in [3.63, 3.8) is 0 Å². The fraction of sp³-hybridized carbons (Fsp3) is 0.417. The van der Waals surface area contributed by atoms with E-state index in [1.807, 2.05) is 34.7 Å². The van der Waals surface area contributed by atoms with Crippen LogP contribution in [0.25, 0.3) is 11.0 Å². The van der Waals surface area contributed by atoms with Gasteiger partial charge in [0.2, 0.25) is 15.9 Å². The molecule has 1 aliphatic heterocycles. The van der Waals surface area contributed by atoms with Crippen LogP contribution in [0.2, 0.25) is 0 Å². The van der Waals surface area contributed by atoms with E-state index in [2.05, 4.69) is 29.1 Å².